The Balaban J connectivity index is 1.37. The molecule has 2 aromatic heterocycles. The van der Waals surface area contributed by atoms with Crippen LogP contribution >= 0.6 is 11.6 Å². The van der Waals surface area contributed by atoms with Crippen LogP contribution in [0.15, 0.2) is 31.9 Å². The van der Waals surface area contributed by atoms with Gasteiger partial charge in [0.15, 0.2) is 11.4 Å². The van der Waals surface area contributed by atoms with Crippen molar-refractivity contribution in [1.82, 2.24) is 24.9 Å². The molecule has 0 atom stereocenters. The topological polar surface area (TPSA) is 106 Å². The second-order valence-electron chi connectivity index (χ2n) is 7.09. The van der Waals surface area contributed by atoms with E-state index in [2.05, 4.69) is 20.4 Å². The molecule has 0 spiro atoms. The molecule has 9 nitrogen and oxygen atoms in total. The van der Waals surface area contributed by atoms with E-state index in [1.807, 2.05) is 0 Å². The first-order chi connectivity index (χ1) is 14.1. The van der Waals surface area contributed by atoms with Crippen LogP contribution < -0.4 is 11.1 Å². The fourth-order valence-electron chi connectivity index (χ4n) is 3.50. The van der Waals surface area contributed by atoms with Gasteiger partial charge in [-0.15, -0.1) is 0 Å². The van der Waals surface area contributed by atoms with E-state index in [-0.39, 0.29) is 18.3 Å². The Morgan fingerprint density at radius 3 is 2.79 bits per heavy atom. The van der Waals surface area contributed by atoms with Gasteiger partial charge in [0.25, 0.3) is 0 Å². The molecule has 1 aliphatic rings. The first-order valence-electron chi connectivity index (χ1n) is 9.72. The summed E-state index contributed by atoms with van der Waals surface area (Å²) in [5, 5.41) is 7.08. The van der Waals surface area contributed by atoms with E-state index in [4.69, 9.17) is 20.5 Å². The molecule has 1 N–H and O–H groups in total. The molecule has 1 saturated heterocycles. The number of oxazole rings is 1. The lowest BCUT2D eigenvalue weighted by atomic mass is 10.2. The third kappa shape index (κ3) is 4.68. The molecule has 0 unspecified atom stereocenters. The molecule has 1 fully saturated rings. The van der Waals surface area contributed by atoms with Gasteiger partial charge in [0.2, 0.25) is 0 Å². The molecule has 3 heterocycles. The molecule has 0 saturated carbocycles. The average molecular weight is 420 g/mol. The minimum atomic E-state index is -0.560. The highest BCUT2D eigenvalue weighted by atomic mass is 35.5. The van der Waals surface area contributed by atoms with E-state index in [1.54, 1.807) is 18.2 Å². The number of carbonyl (C=O) groups is 1. The summed E-state index contributed by atoms with van der Waals surface area (Å²) in [5.74, 6) is -0.913. The second kappa shape index (κ2) is 8.79. The van der Waals surface area contributed by atoms with E-state index in [9.17, 15) is 9.59 Å². The fourth-order valence-corrected chi connectivity index (χ4v) is 3.67. The average Bonchev–Trinajstić information content (AvgIpc) is 3.18. The van der Waals surface area contributed by atoms with Crippen molar-refractivity contribution in [1.29, 1.82) is 0 Å². The molecule has 154 valence electrons. The van der Waals surface area contributed by atoms with Gasteiger partial charge in [-0.05, 0) is 44.1 Å². The number of amides is 1. The van der Waals surface area contributed by atoms with Gasteiger partial charge in [0.1, 0.15) is 0 Å². The summed E-state index contributed by atoms with van der Waals surface area (Å²) in [6.07, 6.45) is 4.95. The van der Waals surface area contributed by atoms with Gasteiger partial charge in [-0.2, -0.15) is 4.98 Å². The van der Waals surface area contributed by atoms with Gasteiger partial charge in [-0.3, -0.25) is 9.36 Å². The summed E-state index contributed by atoms with van der Waals surface area (Å²) >= 11 is 6.00. The number of hydrogen-bond donors (Lipinski definition) is 1. The predicted octanol–water partition coefficient (Wildman–Crippen LogP) is 2.29. The first kappa shape index (κ1) is 19.7. The van der Waals surface area contributed by atoms with Crippen LogP contribution in [0, 0.1) is 0 Å². The highest BCUT2D eigenvalue weighted by Crippen LogP contribution is 2.19. The minimum absolute atomic E-state index is 0.0106. The summed E-state index contributed by atoms with van der Waals surface area (Å²) in [7, 11) is 0. The Morgan fingerprint density at radius 2 is 2.00 bits per heavy atom. The summed E-state index contributed by atoms with van der Waals surface area (Å²) in [5.41, 5.74) is 0.935. The van der Waals surface area contributed by atoms with Crippen LogP contribution in [0.5, 0.6) is 0 Å². The van der Waals surface area contributed by atoms with Crippen LogP contribution in [-0.4, -0.2) is 51.7 Å². The zero-order valence-electron chi connectivity index (χ0n) is 15.9. The monoisotopic (exact) mass is 419 g/mol. The van der Waals surface area contributed by atoms with E-state index in [0.717, 1.165) is 19.6 Å². The van der Waals surface area contributed by atoms with Crippen LogP contribution in [0.25, 0.3) is 11.1 Å². The van der Waals surface area contributed by atoms with Crippen molar-refractivity contribution in [3.05, 3.63) is 45.5 Å². The van der Waals surface area contributed by atoms with Gasteiger partial charge in [0.05, 0.1) is 12.1 Å². The van der Waals surface area contributed by atoms with Gasteiger partial charge in [-0.1, -0.05) is 29.6 Å². The minimum Gasteiger partial charge on any atom is -0.408 e. The lowest BCUT2D eigenvalue weighted by molar-refractivity contribution is 0.0904. The Bertz CT molecular complexity index is 1050. The van der Waals surface area contributed by atoms with Gasteiger partial charge in [0, 0.05) is 18.1 Å². The molecule has 1 aliphatic heterocycles. The Hall–Kier alpha value is -2.65. The van der Waals surface area contributed by atoms with Crippen LogP contribution in [0.3, 0.4) is 0 Å². The van der Waals surface area contributed by atoms with Crippen LogP contribution in [0.4, 0.5) is 0 Å². The zero-order chi connectivity index (χ0) is 20.2. The molecule has 1 aromatic carbocycles. The molecule has 10 heteroatoms. The molecule has 3 aromatic rings. The van der Waals surface area contributed by atoms with Crippen LogP contribution in [0.2, 0.25) is 5.02 Å². The van der Waals surface area contributed by atoms with Crippen molar-refractivity contribution in [2.75, 3.05) is 26.2 Å². The maximum Gasteiger partial charge on any atom is 0.420 e. The highest BCUT2D eigenvalue weighted by Gasteiger charge is 2.18. The third-order valence-corrected chi connectivity index (χ3v) is 5.24. The number of halogens is 1. The van der Waals surface area contributed by atoms with Crippen molar-refractivity contribution in [2.45, 2.75) is 32.2 Å². The first-order valence-corrected chi connectivity index (χ1v) is 10.1. The van der Waals surface area contributed by atoms with E-state index >= 15 is 0 Å². The Kier molecular flexibility index (Phi) is 5.96. The standard InChI is InChI=1S/C19H22ClN5O4/c20-13-5-6-15-14(11-13)25(19(27)28-15)12-16-22-18(29-23-16)17(26)21-7-10-24-8-3-1-2-4-9-24/h5-6,11H,1-4,7-10,12H2,(H,21,26). The number of carbonyl (C=O) groups excluding carboxylic acids is 1. The maximum atomic E-state index is 12.3. The number of rotatable bonds is 6. The van der Waals surface area contributed by atoms with E-state index < -0.39 is 11.7 Å². The molecular weight excluding hydrogens is 398 g/mol. The molecule has 0 bridgehead atoms. The highest BCUT2D eigenvalue weighted by molar-refractivity contribution is 6.31. The second-order valence-corrected chi connectivity index (χ2v) is 7.53. The summed E-state index contributed by atoms with van der Waals surface area (Å²) in [4.78, 5) is 30.8. The smallest absolute Gasteiger partial charge is 0.408 e. The van der Waals surface area contributed by atoms with Crippen molar-refractivity contribution in [3.8, 4) is 0 Å². The molecule has 0 aliphatic carbocycles. The lowest BCUT2D eigenvalue weighted by Gasteiger charge is -2.19. The number of benzene rings is 1. The Labute approximate surface area is 171 Å². The van der Waals surface area contributed by atoms with Crippen LogP contribution in [0.1, 0.15) is 42.2 Å². The summed E-state index contributed by atoms with van der Waals surface area (Å²) in [6, 6.07) is 4.88. The Morgan fingerprint density at radius 1 is 1.21 bits per heavy atom. The van der Waals surface area contributed by atoms with Crippen molar-refractivity contribution >= 4 is 28.6 Å². The van der Waals surface area contributed by atoms with E-state index in [0.29, 0.717) is 22.7 Å². The number of likely N-dealkylation sites (tertiary alicyclic amines) is 1. The van der Waals surface area contributed by atoms with Crippen molar-refractivity contribution in [3.63, 3.8) is 0 Å². The number of nitrogens with one attached hydrogen (secondary N) is 1. The van der Waals surface area contributed by atoms with Crippen molar-refractivity contribution in [2.24, 2.45) is 0 Å². The zero-order valence-corrected chi connectivity index (χ0v) is 16.7. The predicted molar refractivity (Wildman–Crippen MR) is 106 cm³/mol. The number of aromatic nitrogens is 3. The summed E-state index contributed by atoms with van der Waals surface area (Å²) in [6.45, 7) is 3.46. The van der Waals surface area contributed by atoms with Gasteiger partial charge in [-0.25, -0.2) is 4.79 Å². The normalized spacial score (nSPS) is 15.5. The molecular formula is C19H22ClN5O4. The molecule has 29 heavy (non-hydrogen) atoms. The SMILES string of the molecule is O=C(NCCN1CCCCCC1)c1nc(Cn2c(=O)oc3ccc(Cl)cc32)no1. The van der Waals surface area contributed by atoms with E-state index in [1.165, 1.54) is 30.3 Å². The fraction of sp³-hybridized carbons (Fsp3) is 0.474. The third-order valence-electron chi connectivity index (χ3n) is 5.00. The molecule has 4 rings (SSSR count). The van der Waals surface area contributed by atoms with Gasteiger partial charge < -0.3 is 19.2 Å². The number of fused-ring (bicyclic) bond motifs is 1. The summed E-state index contributed by atoms with van der Waals surface area (Å²) < 4.78 is 11.6. The molecule has 0 radical (unpaired) electrons. The van der Waals surface area contributed by atoms with Gasteiger partial charge >= 0.3 is 17.6 Å². The number of hydrogen-bond acceptors (Lipinski definition) is 7. The lowest BCUT2D eigenvalue weighted by Crippen LogP contribution is -2.35. The molecule has 1 amide bonds. The largest absolute Gasteiger partial charge is 0.420 e. The number of nitrogens with zero attached hydrogens (tertiary/aromatic N) is 4. The van der Waals surface area contributed by atoms with Crippen LogP contribution in [-0.2, 0) is 6.54 Å². The van der Waals surface area contributed by atoms with Crippen molar-refractivity contribution < 1.29 is 13.7 Å². The maximum absolute atomic E-state index is 12.3. The quantitative estimate of drug-likeness (QED) is 0.653.